The van der Waals surface area contributed by atoms with E-state index in [1.807, 2.05) is 17.8 Å². The van der Waals surface area contributed by atoms with Gasteiger partial charge in [0.05, 0.1) is 0 Å². The predicted octanol–water partition coefficient (Wildman–Crippen LogP) is 3.39. The first-order valence-corrected chi connectivity index (χ1v) is 7.42. The number of phenols is 1. The summed E-state index contributed by atoms with van der Waals surface area (Å²) < 4.78 is 1.04. The Hall–Kier alpha value is -0.190. The van der Waals surface area contributed by atoms with Crippen molar-refractivity contribution in [2.75, 3.05) is 12.8 Å². The lowest BCUT2D eigenvalue weighted by Crippen LogP contribution is -2.17. The molecule has 0 amide bonds. The molecule has 1 aromatic rings. The topological polar surface area (TPSA) is 32.3 Å². The molecule has 0 bridgehead atoms. The first-order valence-electron chi connectivity index (χ1n) is 5.34. The molecule has 0 saturated heterocycles. The summed E-state index contributed by atoms with van der Waals surface area (Å²) in [6.45, 7) is 4.02. The molecule has 0 heterocycles. The highest BCUT2D eigenvalue weighted by atomic mass is 79.9. The molecule has 1 unspecified atom stereocenters. The molecule has 2 N–H and O–H groups in total. The molecule has 90 valence electrons. The van der Waals surface area contributed by atoms with Crippen molar-refractivity contribution in [2.24, 2.45) is 0 Å². The van der Waals surface area contributed by atoms with Gasteiger partial charge in [-0.25, -0.2) is 0 Å². The quantitative estimate of drug-likeness (QED) is 0.790. The Morgan fingerprint density at radius 1 is 1.50 bits per heavy atom. The highest BCUT2D eigenvalue weighted by Crippen LogP contribution is 2.21. The maximum atomic E-state index is 9.37. The lowest BCUT2D eigenvalue weighted by atomic mass is 10.2. The second-order valence-corrected chi connectivity index (χ2v) is 5.92. The minimum absolute atomic E-state index is 0.317. The van der Waals surface area contributed by atoms with E-state index in [4.69, 9.17) is 0 Å². The molecular weight excluding hydrogens is 286 g/mol. The predicted molar refractivity (Wildman–Crippen MR) is 75.1 cm³/mol. The van der Waals surface area contributed by atoms with E-state index in [1.54, 1.807) is 12.1 Å². The van der Waals surface area contributed by atoms with Gasteiger partial charge in [0, 0.05) is 16.3 Å². The van der Waals surface area contributed by atoms with E-state index in [1.165, 1.54) is 0 Å². The Morgan fingerprint density at radius 3 is 2.94 bits per heavy atom. The van der Waals surface area contributed by atoms with Crippen molar-refractivity contribution in [3.63, 3.8) is 0 Å². The molecule has 0 aromatic heterocycles. The van der Waals surface area contributed by atoms with E-state index >= 15 is 0 Å². The summed E-state index contributed by atoms with van der Waals surface area (Å²) >= 11 is 5.36. The molecule has 0 aliphatic carbocycles. The summed E-state index contributed by atoms with van der Waals surface area (Å²) in [5.74, 6) is 0.317. The zero-order valence-electron chi connectivity index (χ0n) is 9.66. The van der Waals surface area contributed by atoms with E-state index in [0.29, 0.717) is 11.0 Å². The number of benzene rings is 1. The van der Waals surface area contributed by atoms with Crippen molar-refractivity contribution in [1.29, 1.82) is 0 Å². The van der Waals surface area contributed by atoms with Crippen molar-refractivity contribution in [3.8, 4) is 5.75 Å². The molecule has 4 heteroatoms. The first kappa shape index (κ1) is 13.9. The van der Waals surface area contributed by atoms with Gasteiger partial charge in [-0.15, -0.1) is 0 Å². The molecule has 0 radical (unpaired) electrons. The lowest BCUT2D eigenvalue weighted by Gasteiger charge is -2.10. The highest BCUT2D eigenvalue weighted by Gasteiger charge is 2.02. The van der Waals surface area contributed by atoms with Crippen LogP contribution in [0.1, 0.15) is 18.9 Å². The van der Waals surface area contributed by atoms with Gasteiger partial charge in [-0.2, -0.15) is 11.8 Å². The number of halogens is 1. The molecule has 1 aromatic carbocycles. The minimum atomic E-state index is 0.317. The van der Waals surface area contributed by atoms with Crippen LogP contribution in [0.4, 0.5) is 0 Å². The summed E-state index contributed by atoms with van der Waals surface area (Å²) in [6.07, 6.45) is 3.30. The third kappa shape index (κ3) is 4.76. The summed E-state index contributed by atoms with van der Waals surface area (Å²) in [5.41, 5.74) is 1.09. The summed E-state index contributed by atoms with van der Waals surface area (Å²) in [7, 11) is 0. The molecule has 16 heavy (non-hydrogen) atoms. The average molecular weight is 304 g/mol. The van der Waals surface area contributed by atoms with Gasteiger partial charge in [0.15, 0.2) is 0 Å². The fourth-order valence-corrected chi connectivity index (χ4v) is 2.08. The number of aromatic hydroxyl groups is 1. The van der Waals surface area contributed by atoms with E-state index in [2.05, 4.69) is 34.4 Å². The SMILES string of the molecule is CSC(C)CCNCc1cc(O)ccc1Br. The van der Waals surface area contributed by atoms with E-state index in [-0.39, 0.29) is 0 Å². The van der Waals surface area contributed by atoms with Crippen molar-refractivity contribution >= 4 is 27.7 Å². The van der Waals surface area contributed by atoms with Gasteiger partial charge < -0.3 is 10.4 Å². The first-order chi connectivity index (χ1) is 7.63. The van der Waals surface area contributed by atoms with Crippen molar-refractivity contribution in [3.05, 3.63) is 28.2 Å². The van der Waals surface area contributed by atoms with Crippen LogP contribution in [-0.2, 0) is 6.54 Å². The standard InChI is InChI=1S/C12H18BrNOS/c1-9(16-2)5-6-14-8-10-7-11(15)3-4-12(10)13/h3-4,7,9,14-15H,5-6,8H2,1-2H3. The van der Waals surface area contributed by atoms with Crippen LogP contribution in [0.25, 0.3) is 0 Å². The maximum absolute atomic E-state index is 9.37. The normalized spacial score (nSPS) is 12.7. The number of rotatable bonds is 6. The second kappa shape index (κ2) is 7.20. The second-order valence-electron chi connectivity index (χ2n) is 3.79. The van der Waals surface area contributed by atoms with Crippen LogP contribution in [0, 0.1) is 0 Å². The molecule has 2 nitrogen and oxygen atoms in total. The largest absolute Gasteiger partial charge is 0.508 e. The maximum Gasteiger partial charge on any atom is 0.115 e. The Kier molecular flexibility index (Phi) is 6.24. The van der Waals surface area contributed by atoms with E-state index < -0.39 is 0 Å². The number of nitrogens with one attached hydrogen (secondary N) is 1. The molecular formula is C12H18BrNOS. The van der Waals surface area contributed by atoms with Gasteiger partial charge in [-0.05, 0) is 43.0 Å². The Morgan fingerprint density at radius 2 is 2.25 bits per heavy atom. The Labute approximate surface area is 110 Å². The summed E-state index contributed by atoms with van der Waals surface area (Å²) in [5, 5.41) is 13.4. The van der Waals surface area contributed by atoms with Crippen molar-refractivity contribution < 1.29 is 5.11 Å². The zero-order valence-corrected chi connectivity index (χ0v) is 12.1. The number of thioether (sulfide) groups is 1. The number of phenolic OH excluding ortho intramolecular Hbond substituents is 1. The fourth-order valence-electron chi connectivity index (χ4n) is 1.34. The van der Waals surface area contributed by atoms with Gasteiger partial charge in [0.2, 0.25) is 0 Å². The van der Waals surface area contributed by atoms with Gasteiger partial charge >= 0.3 is 0 Å². The molecule has 0 aliphatic rings. The van der Waals surface area contributed by atoms with Crippen LogP contribution in [-0.4, -0.2) is 23.2 Å². The molecule has 1 rings (SSSR count). The van der Waals surface area contributed by atoms with Crippen LogP contribution in [0.2, 0.25) is 0 Å². The molecule has 0 saturated carbocycles. The highest BCUT2D eigenvalue weighted by molar-refractivity contribution is 9.10. The monoisotopic (exact) mass is 303 g/mol. The van der Waals surface area contributed by atoms with Gasteiger partial charge in [0.1, 0.15) is 5.75 Å². The van der Waals surface area contributed by atoms with Gasteiger partial charge in [-0.3, -0.25) is 0 Å². The van der Waals surface area contributed by atoms with Crippen molar-refractivity contribution in [2.45, 2.75) is 25.1 Å². The van der Waals surface area contributed by atoms with Crippen molar-refractivity contribution in [1.82, 2.24) is 5.32 Å². The minimum Gasteiger partial charge on any atom is -0.508 e. The van der Waals surface area contributed by atoms with Gasteiger partial charge in [0.25, 0.3) is 0 Å². The molecule has 1 atom stereocenters. The molecule has 0 aliphatic heterocycles. The summed E-state index contributed by atoms with van der Waals surface area (Å²) in [6, 6.07) is 5.34. The van der Waals surface area contributed by atoms with Crippen LogP contribution in [0.3, 0.4) is 0 Å². The number of hydrogen-bond acceptors (Lipinski definition) is 3. The average Bonchev–Trinajstić information content (AvgIpc) is 2.28. The van der Waals surface area contributed by atoms with Crippen LogP contribution in [0.5, 0.6) is 5.75 Å². The van der Waals surface area contributed by atoms with Gasteiger partial charge in [-0.1, -0.05) is 22.9 Å². The fraction of sp³-hybridized carbons (Fsp3) is 0.500. The van der Waals surface area contributed by atoms with Crippen LogP contribution < -0.4 is 5.32 Å². The van der Waals surface area contributed by atoms with E-state index in [9.17, 15) is 5.11 Å². The molecule has 0 fully saturated rings. The third-order valence-corrected chi connectivity index (χ3v) is 4.29. The Balaban J connectivity index is 2.34. The van der Waals surface area contributed by atoms with Crippen LogP contribution in [0.15, 0.2) is 22.7 Å². The Bertz CT molecular complexity index is 333. The lowest BCUT2D eigenvalue weighted by molar-refractivity contribution is 0.474. The number of hydrogen-bond donors (Lipinski definition) is 2. The van der Waals surface area contributed by atoms with Crippen LogP contribution >= 0.6 is 27.7 Å². The zero-order chi connectivity index (χ0) is 12.0. The summed E-state index contributed by atoms with van der Waals surface area (Å²) in [4.78, 5) is 0. The smallest absolute Gasteiger partial charge is 0.115 e. The third-order valence-electron chi connectivity index (χ3n) is 2.47. The molecule has 0 spiro atoms. The van der Waals surface area contributed by atoms with E-state index in [0.717, 1.165) is 29.5 Å².